The van der Waals surface area contributed by atoms with Crippen LogP contribution in [0.25, 0.3) is 0 Å². The predicted octanol–water partition coefficient (Wildman–Crippen LogP) is 3.76. The van der Waals surface area contributed by atoms with Crippen molar-refractivity contribution in [1.29, 1.82) is 0 Å². The number of hydrogen-bond donors (Lipinski definition) is 1. The van der Waals surface area contributed by atoms with Gasteiger partial charge in [-0.25, -0.2) is 0 Å². The van der Waals surface area contributed by atoms with Crippen LogP contribution in [-0.2, 0) is 0 Å². The molecule has 1 N–H and O–H groups in total. The molecule has 0 saturated heterocycles. The van der Waals surface area contributed by atoms with E-state index in [9.17, 15) is 0 Å². The Kier molecular flexibility index (Phi) is 10.5. The molecule has 0 aliphatic heterocycles. The lowest BCUT2D eigenvalue weighted by Gasteiger charge is -2.14. The van der Waals surface area contributed by atoms with Crippen molar-refractivity contribution in [2.75, 3.05) is 13.1 Å². The van der Waals surface area contributed by atoms with Crippen molar-refractivity contribution < 1.29 is 0 Å². The molecule has 1 nitrogen and oxygen atoms in total. The van der Waals surface area contributed by atoms with Gasteiger partial charge in [-0.05, 0) is 38.8 Å². The molecule has 0 radical (unpaired) electrons. The molecule has 0 aliphatic carbocycles. The summed E-state index contributed by atoms with van der Waals surface area (Å²) >= 11 is 0. The molecule has 1 unspecified atom stereocenters. The molecule has 0 aromatic carbocycles. The normalized spacial score (nSPS) is 13.6. The minimum atomic E-state index is 0.889. The average Bonchev–Trinajstić information content (AvgIpc) is 2.22. The van der Waals surface area contributed by atoms with E-state index in [1.807, 2.05) is 0 Å². The van der Waals surface area contributed by atoms with Gasteiger partial charge >= 0.3 is 0 Å². The summed E-state index contributed by atoms with van der Waals surface area (Å²) in [4.78, 5) is 0. The molecule has 0 spiro atoms. The maximum absolute atomic E-state index is 3.53. The molecular formula is C13H27N. The third-order valence-electron chi connectivity index (χ3n) is 2.70. The number of nitrogens with one attached hydrogen (secondary N) is 1. The molecule has 14 heavy (non-hydrogen) atoms. The zero-order valence-corrected chi connectivity index (χ0v) is 10.2. The Hall–Kier alpha value is -0.300. The molecule has 1 atom stereocenters. The fourth-order valence-corrected chi connectivity index (χ4v) is 1.60. The monoisotopic (exact) mass is 197 g/mol. The number of allylic oxidation sites excluding steroid dienone is 1. The van der Waals surface area contributed by atoms with E-state index < -0.39 is 0 Å². The van der Waals surface area contributed by atoms with E-state index in [2.05, 4.69) is 38.2 Å². The standard InChI is InChI=1S/C13H27N/c1-4-7-9-11-14-12-13(6-3)10-8-5-2/h4,7,13-14H,5-6,8-12H2,1-3H3/b7-4+. The lowest BCUT2D eigenvalue weighted by atomic mass is 9.99. The molecule has 0 saturated carbocycles. The van der Waals surface area contributed by atoms with Crippen LogP contribution in [0.15, 0.2) is 12.2 Å². The van der Waals surface area contributed by atoms with Crippen molar-refractivity contribution in [2.24, 2.45) is 5.92 Å². The van der Waals surface area contributed by atoms with Gasteiger partial charge in [-0.15, -0.1) is 0 Å². The van der Waals surface area contributed by atoms with Gasteiger partial charge in [-0.1, -0.05) is 45.3 Å². The third kappa shape index (κ3) is 8.31. The van der Waals surface area contributed by atoms with E-state index in [1.54, 1.807) is 0 Å². The Morgan fingerprint density at radius 3 is 2.64 bits per heavy atom. The third-order valence-corrected chi connectivity index (χ3v) is 2.70. The molecule has 0 amide bonds. The van der Waals surface area contributed by atoms with Gasteiger partial charge in [-0.2, -0.15) is 0 Å². The predicted molar refractivity (Wildman–Crippen MR) is 65.6 cm³/mol. The Morgan fingerprint density at radius 1 is 1.29 bits per heavy atom. The maximum atomic E-state index is 3.53. The van der Waals surface area contributed by atoms with Crippen molar-refractivity contribution in [3.63, 3.8) is 0 Å². The number of hydrogen-bond acceptors (Lipinski definition) is 1. The Bertz CT molecular complexity index is 129. The maximum Gasteiger partial charge on any atom is -0.00142 e. The van der Waals surface area contributed by atoms with Crippen LogP contribution in [0.4, 0.5) is 0 Å². The highest BCUT2D eigenvalue weighted by atomic mass is 14.8. The highest BCUT2D eigenvalue weighted by Gasteiger charge is 2.03. The summed E-state index contributed by atoms with van der Waals surface area (Å²) in [5, 5.41) is 3.53. The minimum absolute atomic E-state index is 0.889. The smallest absolute Gasteiger partial charge is 0.00142 e. The van der Waals surface area contributed by atoms with Crippen molar-refractivity contribution in [1.82, 2.24) is 5.32 Å². The van der Waals surface area contributed by atoms with Crippen LogP contribution in [0.5, 0.6) is 0 Å². The molecule has 0 heterocycles. The largest absolute Gasteiger partial charge is 0.316 e. The number of rotatable bonds is 9. The first-order chi connectivity index (χ1) is 6.85. The van der Waals surface area contributed by atoms with E-state index >= 15 is 0 Å². The van der Waals surface area contributed by atoms with Crippen LogP contribution in [0, 0.1) is 5.92 Å². The lowest BCUT2D eigenvalue weighted by molar-refractivity contribution is 0.422. The SMILES string of the molecule is C/C=C/CCNCC(CC)CCCC. The van der Waals surface area contributed by atoms with E-state index in [0.717, 1.165) is 12.5 Å². The number of unbranched alkanes of at least 4 members (excludes halogenated alkanes) is 1. The van der Waals surface area contributed by atoms with Crippen LogP contribution in [0.1, 0.15) is 52.9 Å². The molecule has 0 aliphatic rings. The van der Waals surface area contributed by atoms with Crippen LogP contribution in [-0.4, -0.2) is 13.1 Å². The van der Waals surface area contributed by atoms with Crippen molar-refractivity contribution in [3.8, 4) is 0 Å². The zero-order valence-electron chi connectivity index (χ0n) is 10.2. The van der Waals surface area contributed by atoms with E-state index in [1.165, 1.54) is 38.6 Å². The fourth-order valence-electron chi connectivity index (χ4n) is 1.60. The van der Waals surface area contributed by atoms with Gasteiger partial charge in [0.1, 0.15) is 0 Å². The summed E-state index contributed by atoms with van der Waals surface area (Å²) in [6, 6.07) is 0. The molecule has 0 bridgehead atoms. The second-order valence-corrected chi connectivity index (χ2v) is 3.98. The topological polar surface area (TPSA) is 12.0 Å². The highest BCUT2D eigenvalue weighted by Crippen LogP contribution is 2.10. The van der Waals surface area contributed by atoms with Crippen LogP contribution >= 0.6 is 0 Å². The van der Waals surface area contributed by atoms with Gasteiger partial charge < -0.3 is 5.32 Å². The minimum Gasteiger partial charge on any atom is -0.316 e. The molecule has 0 rings (SSSR count). The van der Waals surface area contributed by atoms with Crippen molar-refractivity contribution in [2.45, 2.75) is 52.9 Å². The second kappa shape index (κ2) is 10.8. The first-order valence-electron chi connectivity index (χ1n) is 6.16. The molecule has 0 aromatic heterocycles. The Balaban J connectivity index is 3.32. The van der Waals surface area contributed by atoms with Crippen molar-refractivity contribution in [3.05, 3.63) is 12.2 Å². The summed E-state index contributed by atoms with van der Waals surface area (Å²) in [7, 11) is 0. The Labute approximate surface area is 90.0 Å². The van der Waals surface area contributed by atoms with Gasteiger partial charge in [-0.3, -0.25) is 0 Å². The molecule has 1 heteroatoms. The molecular weight excluding hydrogens is 170 g/mol. The van der Waals surface area contributed by atoms with Crippen molar-refractivity contribution >= 4 is 0 Å². The zero-order chi connectivity index (χ0) is 10.6. The van der Waals surface area contributed by atoms with Gasteiger partial charge in [0, 0.05) is 0 Å². The quantitative estimate of drug-likeness (QED) is 0.438. The summed E-state index contributed by atoms with van der Waals surface area (Å²) in [6.07, 6.45) is 10.9. The molecule has 0 aromatic rings. The first-order valence-corrected chi connectivity index (χ1v) is 6.16. The van der Waals surface area contributed by atoms with Crippen LogP contribution < -0.4 is 5.32 Å². The average molecular weight is 197 g/mol. The van der Waals surface area contributed by atoms with E-state index in [0.29, 0.717) is 0 Å². The van der Waals surface area contributed by atoms with Crippen LogP contribution in [0.3, 0.4) is 0 Å². The molecule has 0 fully saturated rings. The summed E-state index contributed by atoms with van der Waals surface area (Å²) in [5.74, 6) is 0.889. The Morgan fingerprint density at radius 2 is 2.07 bits per heavy atom. The summed E-state index contributed by atoms with van der Waals surface area (Å²) in [5.41, 5.74) is 0. The van der Waals surface area contributed by atoms with Gasteiger partial charge in [0.05, 0.1) is 0 Å². The summed E-state index contributed by atoms with van der Waals surface area (Å²) < 4.78 is 0. The van der Waals surface area contributed by atoms with Gasteiger partial charge in [0.25, 0.3) is 0 Å². The molecule has 84 valence electrons. The van der Waals surface area contributed by atoms with Crippen LogP contribution in [0.2, 0.25) is 0 Å². The fraction of sp³-hybridized carbons (Fsp3) is 0.846. The highest BCUT2D eigenvalue weighted by molar-refractivity contribution is 4.77. The second-order valence-electron chi connectivity index (χ2n) is 3.98. The lowest BCUT2D eigenvalue weighted by Crippen LogP contribution is -2.23. The van der Waals surface area contributed by atoms with Gasteiger partial charge in [0.2, 0.25) is 0 Å². The van der Waals surface area contributed by atoms with E-state index in [-0.39, 0.29) is 0 Å². The first kappa shape index (κ1) is 13.7. The summed E-state index contributed by atoms with van der Waals surface area (Å²) in [6.45, 7) is 8.98. The van der Waals surface area contributed by atoms with Gasteiger partial charge in [0.15, 0.2) is 0 Å². The van der Waals surface area contributed by atoms with E-state index in [4.69, 9.17) is 0 Å².